The molecule has 120 valence electrons. The Kier molecular flexibility index (Phi) is 4.42. The van der Waals surface area contributed by atoms with Gasteiger partial charge in [-0.3, -0.25) is 14.9 Å². The summed E-state index contributed by atoms with van der Waals surface area (Å²) in [6.07, 6.45) is 0.574. The summed E-state index contributed by atoms with van der Waals surface area (Å²) in [4.78, 5) is 27.2. The first-order chi connectivity index (χ1) is 11.1. The third kappa shape index (κ3) is 3.59. The third-order valence-electron chi connectivity index (χ3n) is 3.12. The van der Waals surface area contributed by atoms with Crippen molar-refractivity contribution in [3.8, 4) is 11.5 Å². The topological polar surface area (TPSA) is 97.8 Å². The zero-order valence-corrected chi connectivity index (χ0v) is 12.9. The number of carbonyl (C=O) groups is 2. The monoisotopic (exact) mass is 334 g/mol. The Bertz CT molecular complexity index is 743. The molecule has 0 spiro atoms. The Balaban J connectivity index is 1.78. The van der Waals surface area contributed by atoms with E-state index in [0.717, 1.165) is 6.42 Å². The van der Waals surface area contributed by atoms with E-state index < -0.39 is 5.97 Å². The number of rotatable bonds is 4. The Labute approximate surface area is 135 Å². The van der Waals surface area contributed by atoms with Crippen LogP contribution in [0.15, 0.2) is 23.6 Å². The van der Waals surface area contributed by atoms with Gasteiger partial charge in [0.25, 0.3) is 5.91 Å². The van der Waals surface area contributed by atoms with Crippen molar-refractivity contribution in [1.29, 1.82) is 0 Å². The molecule has 2 heterocycles. The van der Waals surface area contributed by atoms with Gasteiger partial charge in [0.1, 0.15) is 0 Å². The summed E-state index contributed by atoms with van der Waals surface area (Å²) in [7, 11) is 0. The van der Waals surface area contributed by atoms with E-state index in [1.807, 2.05) is 0 Å². The number of carbonyl (C=O) groups excluding carboxylic acids is 1. The van der Waals surface area contributed by atoms with E-state index >= 15 is 0 Å². The molecule has 2 aromatic rings. The van der Waals surface area contributed by atoms with E-state index in [1.54, 1.807) is 23.6 Å². The summed E-state index contributed by atoms with van der Waals surface area (Å²) in [5.74, 6) is -0.374. The molecular weight excluding hydrogens is 320 g/mol. The molecule has 1 aliphatic heterocycles. The molecule has 1 aliphatic rings. The highest BCUT2D eigenvalue weighted by molar-refractivity contribution is 7.14. The van der Waals surface area contributed by atoms with Gasteiger partial charge in [0.2, 0.25) is 0 Å². The molecule has 0 saturated heterocycles. The number of benzene rings is 1. The van der Waals surface area contributed by atoms with Gasteiger partial charge in [-0.15, -0.1) is 11.3 Å². The summed E-state index contributed by atoms with van der Waals surface area (Å²) in [5, 5.41) is 13.4. The van der Waals surface area contributed by atoms with Gasteiger partial charge in [0.05, 0.1) is 30.9 Å². The van der Waals surface area contributed by atoms with Gasteiger partial charge >= 0.3 is 5.97 Å². The van der Waals surface area contributed by atoms with Crippen LogP contribution in [0.2, 0.25) is 0 Å². The van der Waals surface area contributed by atoms with Crippen LogP contribution in [0, 0.1) is 0 Å². The number of thiazole rings is 1. The molecule has 1 amide bonds. The first-order valence-corrected chi connectivity index (χ1v) is 7.87. The van der Waals surface area contributed by atoms with Crippen molar-refractivity contribution in [2.75, 3.05) is 18.5 Å². The van der Waals surface area contributed by atoms with E-state index in [1.165, 1.54) is 11.3 Å². The van der Waals surface area contributed by atoms with Crippen molar-refractivity contribution in [1.82, 2.24) is 4.98 Å². The molecule has 8 heteroatoms. The van der Waals surface area contributed by atoms with Crippen molar-refractivity contribution >= 4 is 28.3 Å². The predicted octanol–water partition coefficient (Wildman–Crippen LogP) is 2.18. The Hall–Kier alpha value is -2.61. The number of fused-ring (bicyclic) bond motifs is 1. The zero-order valence-electron chi connectivity index (χ0n) is 12.1. The number of amides is 1. The number of para-hydroxylation sites is 1. The fourth-order valence-electron chi connectivity index (χ4n) is 2.14. The highest BCUT2D eigenvalue weighted by atomic mass is 32.1. The predicted molar refractivity (Wildman–Crippen MR) is 83.5 cm³/mol. The Morgan fingerprint density at radius 3 is 2.96 bits per heavy atom. The van der Waals surface area contributed by atoms with Crippen molar-refractivity contribution in [2.24, 2.45) is 0 Å². The summed E-state index contributed by atoms with van der Waals surface area (Å²) in [6.45, 7) is 1.03. The summed E-state index contributed by atoms with van der Waals surface area (Å²) < 4.78 is 11.2. The lowest BCUT2D eigenvalue weighted by atomic mass is 10.1. The molecule has 0 saturated carbocycles. The van der Waals surface area contributed by atoms with Gasteiger partial charge in [-0.1, -0.05) is 6.07 Å². The van der Waals surface area contributed by atoms with Gasteiger partial charge < -0.3 is 14.6 Å². The van der Waals surface area contributed by atoms with Gasteiger partial charge in [-0.25, -0.2) is 4.98 Å². The molecule has 3 rings (SSSR count). The molecule has 2 N–H and O–H groups in total. The molecule has 1 aromatic carbocycles. The largest absolute Gasteiger partial charge is 0.490 e. The van der Waals surface area contributed by atoms with Crippen LogP contribution < -0.4 is 14.8 Å². The number of aromatic nitrogens is 1. The fourth-order valence-corrected chi connectivity index (χ4v) is 2.84. The maximum Gasteiger partial charge on any atom is 0.309 e. The fraction of sp³-hybridized carbons (Fsp3) is 0.267. The standard InChI is InChI=1S/C15H14N2O5S/c18-12(19)7-9-8-23-15(16-9)17-14(20)10-3-1-4-11-13(10)22-6-2-5-21-11/h1,3-4,8H,2,5-7H2,(H,18,19)(H,16,17,20). The van der Waals surface area contributed by atoms with E-state index in [9.17, 15) is 9.59 Å². The number of carboxylic acids is 1. The lowest BCUT2D eigenvalue weighted by Crippen LogP contribution is -2.14. The number of hydrogen-bond acceptors (Lipinski definition) is 6. The first kappa shape index (κ1) is 15.3. The smallest absolute Gasteiger partial charge is 0.309 e. The highest BCUT2D eigenvalue weighted by Crippen LogP contribution is 2.33. The molecule has 1 aromatic heterocycles. The normalized spacial score (nSPS) is 13.2. The number of nitrogens with one attached hydrogen (secondary N) is 1. The van der Waals surface area contributed by atoms with Crippen LogP contribution in [-0.2, 0) is 11.2 Å². The SMILES string of the molecule is O=C(O)Cc1csc(NC(=O)c2cccc3c2OCCCO3)n1. The second-order valence-corrected chi connectivity index (χ2v) is 5.71. The van der Waals surface area contributed by atoms with E-state index in [-0.39, 0.29) is 12.3 Å². The first-order valence-electron chi connectivity index (χ1n) is 6.99. The van der Waals surface area contributed by atoms with Crippen LogP contribution in [0.25, 0.3) is 0 Å². The van der Waals surface area contributed by atoms with Crippen LogP contribution >= 0.6 is 11.3 Å². The molecule has 0 bridgehead atoms. The average Bonchev–Trinajstić information content (AvgIpc) is 2.80. The maximum atomic E-state index is 12.4. The zero-order chi connectivity index (χ0) is 16.2. The second-order valence-electron chi connectivity index (χ2n) is 4.85. The number of hydrogen-bond donors (Lipinski definition) is 2. The lowest BCUT2D eigenvalue weighted by Gasteiger charge is -2.11. The van der Waals surface area contributed by atoms with Gasteiger partial charge in [0, 0.05) is 11.8 Å². The quantitative estimate of drug-likeness (QED) is 0.889. The highest BCUT2D eigenvalue weighted by Gasteiger charge is 2.20. The number of nitrogens with zero attached hydrogens (tertiary/aromatic N) is 1. The molecule has 0 aliphatic carbocycles. The molecule has 0 radical (unpaired) electrons. The molecule has 23 heavy (non-hydrogen) atoms. The summed E-state index contributed by atoms with van der Waals surface area (Å²) in [5.41, 5.74) is 0.767. The maximum absolute atomic E-state index is 12.4. The summed E-state index contributed by atoms with van der Waals surface area (Å²) in [6, 6.07) is 5.13. The number of anilines is 1. The minimum Gasteiger partial charge on any atom is -0.490 e. The number of aliphatic carboxylic acids is 1. The van der Waals surface area contributed by atoms with E-state index in [0.29, 0.717) is 41.1 Å². The van der Waals surface area contributed by atoms with Crippen molar-refractivity contribution in [3.05, 3.63) is 34.8 Å². The third-order valence-corrected chi connectivity index (χ3v) is 3.93. The van der Waals surface area contributed by atoms with Gasteiger partial charge in [-0.2, -0.15) is 0 Å². The van der Waals surface area contributed by atoms with Crippen LogP contribution in [0.3, 0.4) is 0 Å². The van der Waals surface area contributed by atoms with E-state index in [2.05, 4.69) is 10.3 Å². The molecule has 0 atom stereocenters. The molecule has 0 fully saturated rings. The van der Waals surface area contributed by atoms with Crippen molar-refractivity contribution in [2.45, 2.75) is 12.8 Å². The summed E-state index contributed by atoms with van der Waals surface area (Å²) >= 11 is 1.18. The molecule has 0 unspecified atom stereocenters. The van der Waals surface area contributed by atoms with Crippen molar-refractivity contribution < 1.29 is 24.2 Å². The molecular formula is C15H14N2O5S. The van der Waals surface area contributed by atoms with Crippen LogP contribution in [0.5, 0.6) is 11.5 Å². The molecule has 7 nitrogen and oxygen atoms in total. The second kappa shape index (κ2) is 6.66. The number of carboxylic acid groups (broad SMARTS) is 1. The lowest BCUT2D eigenvalue weighted by molar-refractivity contribution is -0.136. The van der Waals surface area contributed by atoms with Crippen LogP contribution in [0.1, 0.15) is 22.5 Å². The minimum atomic E-state index is -0.966. The average molecular weight is 334 g/mol. The van der Waals surface area contributed by atoms with Gasteiger partial charge in [-0.05, 0) is 12.1 Å². The Morgan fingerprint density at radius 1 is 1.30 bits per heavy atom. The number of ether oxygens (including phenoxy) is 2. The van der Waals surface area contributed by atoms with Crippen molar-refractivity contribution in [3.63, 3.8) is 0 Å². The van der Waals surface area contributed by atoms with Gasteiger partial charge in [0.15, 0.2) is 16.6 Å². The minimum absolute atomic E-state index is 0.177. The Morgan fingerprint density at radius 2 is 2.13 bits per heavy atom. The van der Waals surface area contributed by atoms with Crippen LogP contribution in [-0.4, -0.2) is 35.2 Å². The van der Waals surface area contributed by atoms with E-state index in [4.69, 9.17) is 14.6 Å². The van der Waals surface area contributed by atoms with Crippen LogP contribution in [0.4, 0.5) is 5.13 Å².